The number of hydrogen-bond acceptors (Lipinski definition) is 6. The number of carboxylic acid groups (broad SMARTS) is 1. The van der Waals surface area contributed by atoms with Crippen molar-refractivity contribution in [1.82, 2.24) is 5.43 Å². The molecule has 0 fully saturated rings. The third kappa shape index (κ3) is 5.84. The van der Waals surface area contributed by atoms with Crippen molar-refractivity contribution in [3.63, 3.8) is 0 Å². The average Bonchev–Trinajstić information content (AvgIpc) is 2.66. The Morgan fingerprint density at radius 1 is 1.21 bits per heavy atom. The standard InChI is InChI=1S/C18H16Br2ClN3O5/c1-28-13-4-3-9(15(18(26)27)17(13)29-2)7-23-24-14(25)8-22-16-11(19)5-10(21)6-12(16)20/h3-7,22H,8H2,1-2H3,(H,24,25)(H,26,27)/b23-7+. The SMILES string of the molecule is COc1ccc(/C=N/NC(=O)CNc2c(Br)cc(Cl)cc2Br)c(C(=O)O)c1OC. The van der Waals surface area contributed by atoms with Gasteiger partial charge >= 0.3 is 5.97 Å². The van der Waals surface area contributed by atoms with Crippen LogP contribution in [0, 0.1) is 0 Å². The Morgan fingerprint density at radius 3 is 2.41 bits per heavy atom. The van der Waals surface area contributed by atoms with Crippen LogP contribution in [0.1, 0.15) is 15.9 Å². The molecule has 2 aromatic carbocycles. The summed E-state index contributed by atoms with van der Waals surface area (Å²) in [7, 11) is 2.74. The van der Waals surface area contributed by atoms with E-state index >= 15 is 0 Å². The third-order valence-electron chi connectivity index (χ3n) is 3.62. The molecule has 0 atom stereocenters. The van der Waals surface area contributed by atoms with Crippen LogP contribution in [-0.4, -0.2) is 44.0 Å². The van der Waals surface area contributed by atoms with Gasteiger partial charge in [0.05, 0.1) is 32.7 Å². The van der Waals surface area contributed by atoms with Crippen molar-refractivity contribution in [2.45, 2.75) is 0 Å². The van der Waals surface area contributed by atoms with Crippen LogP contribution in [-0.2, 0) is 4.79 Å². The summed E-state index contributed by atoms with van der Waals surface area (Å²) in [5.74, 6) is -1.32. The molecule has 154 valence electrons. The van der Waals surface area contributed by atoms with Crippen molar-refractivity contribution in [2.75, 3.05) is 26.1 Å². The molecule has 0 aliphatic heterocycles. The van der Waals surface area contributed by atoms with Crippen LogP contribution in [0.2, 0.25) is 5.02 Å². The first kappa shape index (κ1) is 23.0. The van der Waals surface area contributed by atoms with Crippen molar-refractivity contribution >= 4 is 67.2 Å². The molecular formula is C18H16Br2ClN3O5. The molecule has 0 saturated carbocycles. The Kier molecular flexibility index (Phi) is 8.30. The zero-order chi connectivity index (χ0) is 21.6. The topological polar surface area (TPSA) is 109 Å². The first-order valence-corrected chi connectivity index (χ1v) is 9.93. The fourth-order valence-corrected chi connectivity index (χ4v) is 4.31. The molecule has 0 saturated heterocycles. The lowest BCUT2D eigenvalue weighted by molar-refractivity contribution is -0.119. The van der Waals surface area contributed by atoms with Crippen LogP contribution < -0.4 is 20.2 Å². The summed E-state index contributed by atoms with van der Waals surface area (Å²) in [5.41, 5.74) is 3.10. The number of carbonyl (C=O) groups is 2. The smallest absolute Gasteiger partial charge is 0.340 e. The van der Waals surface area contributed by atoms with Gasteiger partial charge in [0.25, 0.3) is 5.91 Å². The van der Waals surface area contributed by atoms with Gasteiger partial charge in [-0.05, 0) is 56.1 Å². The van der Waals surface area contributed by atoms with Crippen LogP contribution in [0.3, 0.4) is 0 Å². The van der Waals surface area contributed by atoms with Crippen molar-refractivity contribution < 1.29 is 24.2 Å². The number of hydrazone groups is 1. The molecular weight excluding hydrogens is 533 g/mol. The van der Waals surface area contributed by atoms with Crippen molar-refractivity contribution in [3.8, 4) is 11.5 Å². The number of nitrogens with one attached hydrogen (secondary N) is 2. The van der Waals surface area contributed by atoms with Gasteiger partial charge in [-0.3, -0.25) is 4.79 Å². The number of benzene rings is 2. The highest BCUT2D eigenvalue weighted by Crippen LogP contribution is 2.34. The van der Waals surface area contributed by atoms with Gasteiger partial charge in [0.2, 0.25) is 0 Å². The quantitative estimate of drug-likeness (QED) is 0.337. The number of halogens is 3. The molecule has 29 heavy (non-hydrogen) atoms. The average molecular weight is 550 g/mol. The molecule has 2 aromatic rings. The largest absolute Gasteiger partial charge is 0.493 e. The number of rotatable bonds is 8. The van der Waals surface area contributed by atoms with Crippen LogP contribution >= 0.6 is 43.5 Å². The molecule has 0 aliphatic carbocycles. The van der Waals surface area contributed by atoms with Gasteiger partial charge in [-0.1, -0.05) is 11.6 Å². The molecule has 0 aliphatic rings. The highest BCUT2D eigenvalue weighted by atomic mass is 79.9. The van der Waals surface area contributed by atoms with Crippen LogP contribution in [0.4, 0.5) is 5.69 Å². The zero-order valence-electron chi connectivity index (χ0n) is 15.3. The highest BCUT2D eigenvalue weighted by Gasteiger charge is 2.20. The monoisotopic (exact) mass is 547 g/mol. The normalized spacial score (nSPS) is 10.7. The second-order valence-corrected chi connectivity index (χ2v) is 7.61. The fourth-order valence-electron chi connectivity index (χ4n) is 2.36. The van der Waals surface area contributed by atoms with E-state index in [1.54, 1.807) is 18.2 Å². The van der Waals surface area contributed by atoms with Gasteiger partial charge in [0, 0.05) is 19.5 Å². The van der Waals surface area contributed by atoms with Crippen molar-refractivity contribution in [1.29, 1.82) is 0 Å². The third-order valence-corrected chi connectivity index (χ3v) is 5.09. The fraction of sp³-hybridized carbons (Fsp3) is 0.167. The predicted molar refractivity (Wildman–Crippen MR) is 118 cm³/mol. The Morgan fingerprint density at radius 2 is 1.86 bits per heavy atom. The van der Waals surface area contributed by atoms with E-state index < -0.39 is 11.9 Å². The zero-order valence-corrected chi connectivity index (χ0v) is 19.2. The predicted octanol–water partition coefficient (Wildman–Crippen LogP) is 4.14. The summed E-state index contributed by atoms with van der Waals surface area (Å²) in [4.78, 5) is 23.6. The molecule has 1 amide bonds. The number of hydrogen-bond donors (Lipinski definition) is 3. The summed E-state index contributed by atoms with van der Waals surface area (Å²) in [6, 6.07) is 6.43. The minimum absolute atomic E-state index is 0.0642. The minimum Gasteiger partial charge on any atom is -0.493 e. The Balaban J connectivity index is 2.08. The maximum atomic E-state index is 12.0. The van der Waals surface area contributed by atoms with E-state index in [1.807, 2.05) is 0 Å². The summed E-state index contributed by atoms with van der Waals surface area (Å²) in [6.07, 6.45) is 1.22. The molecule has 0 bridgehead atoms. The lowest BCUT2D eigenvalue weighted by Crippen LogP contribution is -2.26. The molecule has 11 heteroatoms. The van der Waals surface area contributed by atoms with E-state index in [9.17, 15) is 14.7 Å². The first-order chi connectivity index (χ1) is 13.8. The Bertz CT molecular complexity index is 946. The van der Waals surface area contributed by atoms with Crippen molar-refractivity contribution in [3.05, 3.63) is 49.4 Å². The van der Waals surface area contributed by atoms with Gasteiger partial charge in [-0.25, -0.2) is 10.2 Å². The number of methoxy groups -OCH3 is 2. The maximum absolute atomic E-state index is 12.0. The van der Waals surface area contributed by atoms with E-state index in [0.29, 0.717) is 19.7 Å². The number of carbonyl (C=O) groups excluding carboxylic acids is 1. The second kappa shape index (κ2) is 10.5. The van der Waals surface area contributed by atoms with E-state index in [4.69, 9.17) is 21.1 Å². The summed E-state index contributed by atoms with van der Waals surface area (Å²) in [6.45, 7) is -0.0755. The molecule has 0 heterocycles. The van der Waals surface area contributed by atoms with Gasteiger partial charge in [-0.15, -0.1) is 0 Å². The Hall–Kier alpha value is -2.30. The summed E-state index contributed by atoms with van der Waals surface area (Å²) < 4.78 is 11.6. The number of anilines is 1. The minimum atomic E-state index is -1.22. The molecule has 0 spiro atoms. The molecule has 3 N–H and O–H groups in total. The highest BCUT2D eigenvalue weighted by molar-refractivity contribution is 9.11. The molecule has 2 rings (SSSR count). The molecule has 0 aromatic heterocycles. The molecule has 0 unspecified atom stereocenters. The second-order valence-electron chi connectivity index (χ2n) is 5.46. The maximum Gasteiger partial charge on any atom is 0.340 e. The van der Waals surface area contributed by atoms with Crippen molar-refractivity contribution in [2.24, 2.45) is 5.10 Å². The van der Waals surface area contributed by atoms with E-state index in [1.165, 1.54) is 26.5 Å². The summed E-state index contributed by atoms with van der Waals surface area (Å²) >= 11 is 12.7. The van der Waals surface area contributed by atoms with E-state index in [0.717, 1.165) is 0 Å². The summed E-state index contributed by atoms with van der Waals surface area (Å²) in [5, 5.41) is 16.8. The van der Waals surface area contributed by atoms with Crippen LogP contribution in [0.25, 0.3) is 0 Å². The van der Waals surface area contributed by atoms with E-state index in [2.05, 4.69) is 47.7 Å². The molecule has 8 nitrogen and oxygen atoms in total. The number of nitrogens with zero attached hydrogens (tertiary/aromatic N) is 1. The number of aromatic carboxylic acids is 1. The molecule has 0 radical (unpaired) electrons. The van der Waals surface area contributed by atoms with Crippen LogP contribution in [0.15, 0.2) is 38.3 Å². The van der Waals surface area contributed by atoms with Gasteiger partial charge in [-0.2, -0.15) is 5.10 Å². The van der Waals surface area contributed by atoms with E-state index in [-0.39, 0.29) is 29.2 Å². The number of carboxylic acids is 1. The van der Waals surface area contributed by atoms with Gasteiger partial charge < -0.3 is 19.9 Å². The number of amides is 1. The van der Waals surface area contributed by atoms with Crippen LogP contribution in [0.5, 0.6) is 11.5 Å². The lowest BCUT2D eigenvalue weighted by atomic mass is 10.1. The van der Waals surface area contributed by atoms with Gasteiger partial charge in [0.15, 0.2) is 11.5 Å². The Labute approximate surface area is 188 Å². The van der Waals surface area contributed by atoms with Gasteiger partial charge in [0.1, 0.15) is 5.56 Å². The first-order valence-electron chi connectivity index (χ1n) is 7.97. The number of ether oxygens (including phenoxy) is 2. The lowest BCUT2D eigenvalue weighted by Gasteiger charge is -2.12.